The number of aromatic nitrogens is 2. The zero-order chi connectivity index (χ0) is 17.4. The summed E-state index contributed by atoms with van der Waals surface area (Å²) in [7, 11) is 1.59. The number of aliphatic hydroxyl groups excluding tert-OH is 1. The Morgan fingerprint density at radius 1 is 1.33 bits per heavy atom. The summed E-state index contributed by atoms with van der Waals surface area (Å²) in [6, 6.07) is 7.23. The van der Waals surface area contributed by atoms with Crippen molar-refractivity contribution in [3.63, 3.8) is 0 Å². The summed E-state index contributed by atoms with van der Waals surface area (Å²) in [5, 5.41) is 28.6. The van der Waals surface area contributed by atoms with E-state index >= 15 is 0 Å². The Labute approximate surface area is 139 Å². The van der Waals surface area contributed by atoms with Gasteiger partial charge in [-0.2, -0.15) is 10.5 Å². The highest BCUT2D eigenvalue weighted by molar-refractivity contribution is 5.92. The summed E-state index contributed by atoms with van der Waals surface area (Å²) in [5.74, 6) is 0.0172. The minimum atomic E-state index is -0.396. The number of nitriles is 2. The standard InChI is InChI=1S/C17H17N5O2/c1-10-9-22(6-5-14(10)23)16-12(8-19)17(24)21(2)13-4-3-11(7-18)20-15(13)16/h3-4,10,14,23H,5-6,9H2,1-2H3. The zero-order valence-corrected chi connectivity index (χ0v) is 13.5. The first-order valence-corrected chi connectivity index (χ1v) is 7.75. The van der Waals surface area contributed by atoms with Gasteiger partial charge in [0, 0.05) is 20.1 Å². The number of pyridine rings is 2. The number of fused-ring (bicyclic) bond motifs is 1. The van der Waals surface area contributed by atoms with Gasteiger partial charge in [-0.3, -0.25) is 4.79 Å². The van der Waals surface area contributed by atoms with E-state index in [-0.39, 0.29) is 22.7 Å². The summed E-state index contributed by atoms with van der Waals surface area (Å²) in [6.07, 6.45) is 0.160. The molecular formula is C17H17N5O2. The van der Waals surface area contributed by atoms with Crippen molar-refractivity contribution in [2.75, 3.05) is 18.0 Å². The Morgan fingerprint density at radius 3 is 2.71 bits per heavy atom. The molecule has 7 heteroatoms. The Morgan fingerprint density at radius 2 is 2.08 bits per heavy atom. The molecule has 122 valence electrons. The fraction of sp³-hybridized carbons (Fsp3) is 0.412. The van der Waals surface area contributed by atoms with Gasteiger partial charge in [-0.15, -0.1) is 0 Å². The molecule has 0 spiro atoms. The molecular weight excluding hydrogens is 306 g/mol. The molecule has 24 heavy (non-hydrogen) atoms. The van der Waals surface area contributed by atoms with Crippen molar-refractivity contribution >= 4 is 16.7 Å². The van der Waals surface area contributed by atoms with E-state index < -0.39 is 6.10 Å². The number of aliphatic hydroxyl groups is 1. The molecule has 7 nitrogen and oxygen atoms in total. The van der Waals surface area contributed by atoms with Crippen LogP contribution in [-0.2, 0) is 7.05 Å². The molecule has 0 bridgehead atoms. The lowest BCUT2D eigenvalue weighted by Crippen LogP contribution is -2.43. The molecule has 0 saturated carbocycles. The zero-order valence-electron chi connectivity index (χ0n) is 13.5. The third kappa shape index (κ3) is 2.40. The molecule has 3 heterocycles. The Bertz CT molecular complexity index is 951. The number of hydrogen-bond donors (Lipinski definition) is 1. The van der Waals surface area contributed by atoms with E-state index in [0.717, 1.165) is 0 Å². The third-order valence-electron chi connectivity index (χ3n) is 4.62. The number of nitrogens with zero attached hydrogens (tertiary/aromatic N) is 5. The second-order valence-electron chi connectivity index (χ2n) is 6.15. The number of anilines is 1. The van der Waals surface area contributed by atoms with E-state index in [4.69, 9.17) is 5.26 Å². The van der Waals surface area contributed by atoms with Crippen molar-refractivity contribution in [1.29, 1.82) is 10.5 Å². The first-order valence-electron chi connectivity index (χ1n) is 7.75. The summed E-state index contributed by atoms with van der Waals surface area (Å²) < 4.78 is 1.38. The van der Waals surface area contributed by atoms with Crippen molar-refractivity contribution in [3.8, 4) is 12.1 Å². The van der Waals surface area contributed by atoms with E-state index in [1.807, 2.05) is 24.0 Å². The maximum atomic E-state index is 12.5. The van der Waals surface area contributed by atoms with Crippen LogP contribution >= 0.6 is 0 Å². The molecule has 1 aliphatic rings. The number of rotatable bonds is 1. The van der Waals surface area contributed by atoms with Crippen LogP contribution in [0.25, 0.3) is 11.0 Å². The predicted octanol–water partition coefficient (Wildman–Crippen LogP) is 0.884. The van der Waals surface area contributed by atoms with Crippen molar-refractivity contribution in [1.82, 2.24) is 9.55 Å². The van der Waals surface area contributed by atoms with Crippen LogP contribution in [0.15, 0.2) is 16.9 Å². The smallest absolute Gasteiger partial charge is 0.270 e. The second kappa shape index (κ2) is 5.95. The minimum absolute atomic E-state index is 0.0172. The van der Waals surface area contributed by atoms with Crippen LogP contribution in [0.2, 0.25) is 0 Å². The predicted molar refractivity (Wildman–Crippen MR) is 88.4 cm³/mol. The number of hydrogen-bond acceptors (Lipinski definition) is 6. The van der Waals surface area contributed by atoms with Crippen molar-refractivity contribution in [2.45, 2.75) is 19.4 Å². The van der Waals surface area contributed by atoms with Gasteiger partial charge in [0.2, 0.25) is 0 Å². The average Bonchev–Trinajstić information content (AvgIpc) is 2.59. The highest BCUT2D eigenvalue weighted by Crippen LogP contribution is 2.30. The summed E-state index contributed by atoms with van der Waals surface area (Å²) in [5.41, 5.74) is 1.38. The molecule has 1 saturated heterocycles. The summed E-state index contributed by atoms with van der Waals surface area (Å²) in [6.45, 7) is 2.98. The average molecular weight is 323 g/mol. The van der Waals surface area contributed by atoms with Gasteiger partial charge in [0.15, 0.2) is 0 Å². The van der Waals surface area contributed by atoms with E-state index in [1.165, 1.54) is 4.57 Å². The quantitative estimate of drug-likeness (QED) is 0.835. The molecule has 0 aliphatic carbocycles. The SMILES string of the molecule is CC1CN(c2c(C#N)c(=O)n(C)c3ccc(C#N)nc23)CCC1O. The van der Waals surface area contributed by atoms with Crippen molar-refractivity contribution in [3.05, 3.63) is 33.7 Å². The molecule has 1 fully saturated rings. The van der Waals surface area contributed by atoms with Crippen LogP contribution in [-0.4, -0.2) is 33.9 Å². The fourth-order valence-corrected chi connectivity index (χ4v) is 3.20. The molecule has 3 rings (SSSR count). The van der Waals surface area contributed by atoms with Gasteiger partial charge in [-0.05, 0) is 24.5 Å². The molecule has 2 unspecified atom stereocenters. The van der Waals surface area contributed by atoms with E-state index in [2.05, 4.69) is 4.98 Å². The lowest BCUT2D eigenvalue weighted by molar-refractivity contribution is 0.0971. The molecule has 0 aromatic carbocycles. The molecule has 1 N–H and O–H groups in total. The lowest BCUT2D eigenvalue weighted by Gasteiger charge is -2.36. The fourth-order valence-electron chi connectivity index (χ4n) is 3.20. The molecule has 1 aliphatic heterocycles. The molecule has 2 aromatic rings. The van der Waals surface area contributed by atoms with Crippen LogP contribution in [0.3, 0.4) is 0 Å². The van der Waals surface area contributed by atoms with Crippen LogP contribution < -0.4 is 10.5 Å². The van der Waals surface area contributed by atoms with Crippen LogP contribution in [0.5, 0.6) is 0 Å². The van der Waals surface area contributed by atoms with Gasteiger partial charge in [0.05, 0.1) is 17.3 Å². The normalized spacial score (nSPS) is 20.6. The molecule has 2 aromatic heterocycles. The second-order valence-corrected chi connectivity index (χ2v) is 6.15. The minimum Gasteiger partial charge on any atom is -0.393 e. The number of piperidine rings is 1. The maximum Gasteiger partial charge on any atom is 0.270 e. The topological polar surface area (TPSA) is 106 Å². The van der Waals surface area contributed by atoms with Gasteiger partial charge in [0.25, 0.3) is 5.56 Å². The van der Waals surface area contributed by atoms with Crippen molar-refractivity contribution < 1.29 is 5.11 Å². The van der Waals surface area contributed by atoms with Gasteiger partial charge < -0.3 is 14.6 Å². The Balaban J connectivity index is 2.32. The van der Waals surface area contributed by atoms with Crippen LogP contribution in [0.1, 0.15) is 24.6 Å². The first-order chi connectivity index (χ1) is 11.5. The van der Waals surface area contributed by atoms with Gasteiger partial charge in [-0.25, -0.2) is 4.98 Å². The highest BCUT2D eigenvalue weighted by Gasteiger charge is 2.29. The summed E-state index contributed by atoms with van der Waals surface area (Å²) >= 11 is 0. The van der Waals surface area contributed by atoms with Crippen LogP contribution in [0.4, 0.5) is 5.69 Å². The third-order valence-corrected chi connectivity index (χ3v) is 4.62. The van der Waals surface area contributed by atoms with E-state index in [1.54, 1.807) is 19.2 Å². The van der Waals surface area contributed by atoms with E-state index in [0.29, 0.717) is 36.2 Å². The highest BCUT2D eigenvalue weighted by atomic mass is 16.3. The molecule has 2 atom stereocenters. The van der Waals surface area contributed by atoms with Gasteiger partial charge >= 0.3 is 0 Å². The first kappa shape index (κ1) is 16.0. The van der Waals surface area contributed by atoms with Crippen LogP contribution in [0, 0.1) is 28.6 Å². The lowest BCUT2D eigenvalue weighted by atomic mass is 9.95. The largest absolute Gasteiger partial charge is 0.393 e. The summed E-state index contributed by atoms with van der Waals surface area (Å²) in [4.78, 5) is 18.8. The van der Waals surface area contributed by atoms with E-state index in [9.17, 15) is 15.2 Å². The molecule has 0 amide bonds. The van der Waals surface area contributed by atoms with Crippen molar-refractivity contribution in [2.24, 2.45) is 13.0 Å². The van der Waals surface area contributed by atoms with Gasteiger partial charge in [0.1, 0.15) is 28.9 Å². The Kier molecular flexibility index (Phi) is 3.96. The van der Waals surface area contributed by atoms with Gasteiger partial charge in [-0.1, -0.05) is 6.92 Å². The number of aryl methyl sites for hydroxylation is 1. The Hall–Kier alpha value is -2.90. The monoisotopic (exact) mass is 323 g/mol. The maximum absolute atomic E-state index is 12.5. The molecule has 0 radical (unpaired) electrons.